The Morgan fingerprint density at radius 2 is 1.73 bits per heavy atom. The van der Waals surface area contributed by atoms with Crippen LogP contribution in [0.4, 0.5) is 34.5 Å². The van der Waals surface area contributed by atoms with Gasteiger partial charge in [-0.25, -0.2) is 4.98 Å². The molecule has 1 amide bonds. The summed E-state index contributed by atoms with van der Waals surface area (Å²) < 4.78 is 0. The Labute approximate surface area is 194 Å². The van der Waals surface area contributed by atoms with Crippen LogP contribution in [0.1, 0.15) is 5.56 Å². The van der Waals surface area contributed by atoms with Crippen LogP contribution in [-0.2, 0) is 4.79 Å². The maximum absolute atomic E-state index is 11.6. The summed E-state index contributed by atoms with van der Waals surface area (Å²) in [6.45, 7) is 9.66. The Kier molecular flexibility index (Phi) is 6.85. The lowest BCUT2D eigenvalue weighted by molar-refractivity contribution is -0.111. The molecule has 1 saturated heterocycles. The van der Waals surface area contributed by atoms with E-state index in [1.165, 1.54) is 11.8 Å². The maximum Gasteiger partial charge on any atom is 0.247 e. The molecule has 0 bridgehead atoms. The number of hydrogen-bond donors (Lipinski definition) is 3. The molecule has 1 aromatic heterocycles. The number of nitrogens with one attached hydrogen (secondary N) is 3. The minimum atomic E-state index is -0.254. The van der Waals surface area contributed by atoms with Crippen molar-refractivity contribution < 1.29 is 4.79 Å². The number of aromatic nitrogens is 2. The SMILES string of the molecule is C=CC(=O)Nc1cccc(Nc2nc(Nc3ccc(N4CCN(C)CC4)cc3)ncc2C)c1. The minimum Gasteiger partial charge on any atom is -0.369 e. The van der Waals surface area contributed by atoms with E-state index >= 15 is 0 Å². The van der Waals surface area contributed by atoms with Gasteiger partial charge in [-0.15, -0.1) is 0 Å². The fraction of sp³-hybridized carbons (Fsp3) is 0.240. The van der Waals surface area contributed by atoms with Crippen LogP contribution in [0.5, 0.6) is 0 Å². The van der Waals surface area contributed by atoms with E-state index in [9.17, 15) is 4.79 Å². The van der Waals surface area contributed by atoms with Gasteiger partial charge in [0, 0.05) is 60.7 Å². The standard InChI is InChI=1S/C25H29N7O/c1-4-23(33)27-20-6-5-7-21(16-20)28-24-18(2)17-26-25(30-24)29-19-8-10-22(11-9-19)32-14-12-31(3)13-15-32/h4-11,16-17H,1,12-15H2,2-3H3,(H,27,33)(H2,26,28,29,30). The summed E-state index contributed by atoms with van der Waals surface area (Å²) >= 11 is 0. The summed E-state index contributed by atoms with van der Waals surface area (Å²) in [5.74, 6) is 0.941. The molecule has 0 aliphatic carbocycles. The molecule has 1 fully saturated rings. The number of likely N-dealkylation sites (N-methyl/N-ethyl adjacent to an activating group) is 1. The van der Waals surface area contributed by atoms with Crippen LogP contribution in [0.25, 0.3) is 0 Å². The molecule has 0 atom stereocenters. The number of rotatable bonds is 7. The lowest BCUT2D eigenvalue weighted by Gasteiger charge is -2.34. The number of nitrogens with zero attached hydrogens (tertiary/aromatic N) is 4. The zero-order chi connectivity index (χ0) is 23.2. The largest absolute Gasteiger partial charge is 0.369 e. The summed E-state index contributed by atoms with van der Waals surface area (Å²) in [6, 6.07) is 15.8. The number of piperazine rings is 1. The van der Waals surface area contributed by atoms with Crippen molar-refractivity contribution in [3.05, 3.63) is 72.9 Å². The first-order valence-corrected chi connectivity index (χ1v) is 10.9. The molecule has 0 spiro atoms. The van der Waals surface area contributed by atoms with Gasteiger partial charge in [-0.1, -0.05) is 12.6 Å². The molecule has 2 heterocycles. The van der Waals surface area contributed by atoms with Crippen LogP contribution in [-0.4, -0.2) is 54.0 Å². The fourth-order valence-corrected chi connectivity index (χ4v) is 3.58. The zero-order valence-corrected chi connectivity index (χ0v) is 19.0. The molecular weight excluding hydrogens is 414 g/mol. The van der Waals surface area contributed by atoms with Crippen molar-refractivity contribution in [2.24, 2.45) is 0 Å². The van der Waals surface area contributed by atoms with Gasteiger partial charge < -0.3 is 25.8 Å². The van der Waals surface area contributed by atoms with Crippen molar-refractivity contribution in [1.29, 1.82) is 0 Å². The van der Waals surface area contributed by atoms with Gasteiger partial charge in [0.05, 0.1) is 0 Å². The van der Waals surface area contributed by atoms with Crippen molar-refractivity contribution in [2.45, 2.75) is 6.92 Å². The molecule has 3 aromatic rings. The minimum absolute atomic E-state index is 0.254. The zero-order valence-electron chi connectivity index (χ0n) is 19.0. The smallest absolute Gasteiger partial charge is 0.247 e. The molecule has 4 rings (SSSR count). The molecule has 1 aliphatic rings. The Morgan fingerprint density at radius 3 is 2.45 bits per heavy atom. The van der Waals surface area contributed by atoms with E-state index in [2.05, 4.69) is 73.6 Å². The summed E-state index contributed by atoms with van der Waals surface area (Å²) in [5.41, 5.74) is 4.55. The predicted molar refractivity (Wildman–Crippen MR) is 135 cm³/mol. The van der Waals surface area contributed by atoms with E-state index < -0.39 is 0 Å². The number of aryl methyl sites for hydroxylation is 1. The van der Waals surface area contributed by atoms with E-state index in [0.717, 1.165) is 43.1 Å². The van der Waals surface area contributed by atoms with Gasteiger partial charge in [-0.05, 0) is 62.5 Å². The average Bonchev–Trinajstić information content (AvgIpc) is 2.82. The molecular formula is C25H29N7O. The van der Waals surface area contributed by atoms with Crippen molar-refractivity contribution >= 4 is 40.4 Å². The van der Waals surface area contributed by atoms with Gasteiger partial charge in [-0.3, -0.25) is 4.79 Å². The van der Waals surface area contributed by atoms with Gasteiger partial charge in [0.1, 0.15) is 5.82 Å². The van der Waals surface area contributed by atoms with Crippen LogP contribution in [0.3, 0.4) is 0 Å². The third-order valence-electron chi connectivity index (χ3n) is 5.54. The second kappa shape index (κ2) is 10.1. The van der Waals surface area contributed by atoms with Crippen molar-refractivity contribution in [3.8, 4) is 0 Å². The highest BCUT2D eigenvalue weighted by molar-refractivity contribution is 5.99. The molecule has 1 aliphatic heterocycles. The third kappa shape index (κ3) is 5.87. The van der Waals surface area contributed by atoms with Gasteiger partial charge in [0.25, 0.3) is 0 Å². The first-order valence-electron chi connectivity index (χ1n) is 10.9. The Bertz CT molecular complexity index is 1120. The number of amides is 1. The number of carbonyl (C=O) groups is 1. The first kappa shape index (κ1) is 22.3. The molecule has 170 valence electrons. The molecule has 3 N–H and O–H groups in total. The highest BCUT2D eigenvalue weighted by atomic mass is 16.1. The monoisotopic (exact) mass is 443 g/mol. The molecule has 33 heavy (non-hydrogen) atoms. The average molecular weight is 444 g/mol. The molecule has 0 radical (unpaired) electrons. The third-order valence-corrected chi connectivity index (χ3v) is 5.54. The molecule has 0 unspecified atom stereocenters. The van der Waals surface area contributed by atoms with Gasteiger partial charge >= 0.3 is 0 Å². The fourth-order valence-electron chi connectivity index (χ4n) is 3.58. The van der Waals surface area contributed by atoms with Crippen molar-refractivity contribution in [1.82, 2.24) is 14.9 Å². The van der Waals surface area contributed by atoms with E-state index in [0.29, 0.717) is 17.5 Å². The summed E-state index contributed by atoms with van der Waals surface area (Å²) in [6.07, 6.45) is 3.02. The van der Waals surface area contributed by atoms with Crippen LogP contribution < -0.4 is 20.9 Å². The van der Waals surface area contributed by atoms with E-state index in [4.69, 9.17) is 0 Å². The van der Waals surface area contributed by atoms with Gasteiger partial charge in [0.2, 0.25) is 11.9 Å². The highest BCUT2D eigenvalue weighted by Crippen LogP contribution is 2.24. The van der Waals surface area contributed by atoms with Crippen molar-refractivity contribution in [2.75, 3.05) is 54.1 Å². The Balaban J connectivity index is 1.44. The topological polar surface area (TPSA) is 85.4 Å². The normalized spacial score (nSPS) is 13.9. The second-order valence-electron chi connectivity index (χ2n) is 8.09. The van der Waals surface area contributed by atoms with Gasteiger partial charge in [0.15, 0.2) is 0 Å². The number of benzene rings is 2. The number of hydrogen-bond acceptors (Lipinski definition) is 7. The molecule has 0 saturated carbocycles. The van der Waals surface area contributed by atoms with Crippen molar-refractivity contribution in [3.63, 3.8) is 0 Å². The Morgan fingerprint density at radius 1 is 1.00 bits per heavy atom. The quantitative estimate of drug-likeness (QED) is 0.473. The van der Waals surface area contributed by atoms with E-state index in [1.807, 2.05) is 31.2 Å². The first-order chi connectivity index (χ1) is 16.0. The summed E-state index contributed by atoms with van der Waals surface area (Å²) in [4.78, 5) is 25.4. The molecule has 8 heteroatoms. The Hall–Kier alpha value is -3.91. The van der Waals surface area contributed by atoms with E-state index in [1.54, 1.807) is 6.20 Å². The highest BCUT2D eigenvalue weighted by Gasteiger charge is 2.14. The van der Waals surface area contributed by atoms with E-state index in [-0.39, 0.29) is 5.91 Å². The van der Waals surface area contributed by atoms with Crippen LogP contribution >= 0.6 is 0 Å². The summed E-state index contributed by atoms with van der Waals surface area (Å²) in [5, 5.41) is 9.35. The predicted octanol–water partition coefficient (Wildman–Crippen LogP) is 4.15. The van der Waals surface area contributed by atoms with Crippen LogP contribution in [0.15, 0.2) is 67.4 Å². The molecule has 2 aromatic carbocycles. The molecule has 8 nitrogen and oxygen atoms in total. The lowest BCUT2D eigenvalue weighted by Crippen LogP contribution is -2.44. The lowest BCUT2D eigenvalue weighted by atomic mass is 10.2. The maximum atomic E-state index is 11.6. The van der Waals surface area contributed by atoms with Gasteiger partial charge in [-0.2, -0.15) is 4.98 Å². The number of carbonyl (C=O) groups excluding carboxylic acids is 1. The van der Waals surface area contributed by atoms with Crippen LogP contribution in [0.2, 0.25) is 0 Å². The number of anilines is 6. The summed E-state index contributed by atoms with van der Waals surface area (Å²) in [7, 11) is 2.16. The van der Waals surface area contributed by atoms with Crippen LogP contribution in [0, 0.1) is 6.92 Å². The second-order valence-corrected chi connectivity index (χ2v) is 8.09.